The molecule has 0 aliphatic heterocycles. The lowest BCUT2D eigenvalue weighted by Gasteiger charge is -2.07. The average Bonchev–Trinajstić information content (AvgIpc) is 2.26. The monoisotopic (exact) mass is 205 g/mol. The Labute approximate surface area is 89.2 Å². The van der Waals surface area contributed by atoms with Gasteiger partial charge in [-0.15, -0.1) is 6.58 Å². The Kier molecular flexibility index (Phi) is 4.00. The first-order chi connectivity index (χ1) is 7.19. The number of aliphatic imine (C=N–C) groups is 1. The number of rotatable bonds is 4. The Morgan fingerprint density at radius 2 is 2.53 bits per heavy atom. The van der Waals surface area contributed by atoms with Crippen molar-refractivity contribution < 1.29 is 5.11 Å². The summed E-state index contributed by atoms with van der Waals surface area (Å²) in [6.45, 7) is 5.37. The second-order valence-corrected chi connectivity index (χ2v) is 3.14. The van der Waals surface area contributed by atoms with Crippen molar-refractivity contribution in [3.8, 4) is 0 Å². The number of nitrogen functional groups attached to an aromatic ring is 1. The smallest absolute Gasteiger partial charge is 0.132 e. The van der Waals surface area contributed by atoms with Gasteiger partial charge in [-0.1, -0.05) is 6.08 Å². The van der Waals surface area contributed by atoms with Crippen molar-refractivity contribution in [2.45, 2.75) is 13.0 Å². The maximum Gasteiger partial charge on any atom is 0.132 e. The Hall–Kier alpha value is -1.68. The number of hydrogen-bond acceptors (Lipinski definition) is 4. The Balaban J connectivity index is 2.98. The van der Waals surface area contributed by atoms with Gasteiger partial charge in [0, 0.05) is 17.5 Å². The van der Waals surface area contributed by atoms with Gasteiger partial charge in [-0.3, -0.25) is 4.99 Å². The molecule has 0 radical (unpaired) electrons. The number of anilines is 1. The SMILES string of the molecule is C=C[C@@H](CO)N=C(C)c1cccnc1N. The number of nitrogens with zero attached hydrogens (tertiary/aromatic N) is 2. The fraction of sp³-hybridized carbons (Fsp3) is 0.273. The first kappa shape index (κ1) is 11.4. The zero-order valence-electron chi connectivity index (χ0n) is 8.72. The van der Waals surface area contributed by atoms with E-state index in [2.05, 4.69) is 16.6 Å². The van der Waals surface area contributed by atoms with E-state index in [4.69, 9.17) is 10.8 Å². The third kappa shape index (κ3) is 2.89. The van der Waals surface area contributed by atoms with Crippen molar-refractivity contribution in [3.63, 3.8) is 0 Å². The highest BCUT2D eigenvalue weighted by Gasteiger charge is 2.05. The predicted molar refractivity (Wildman–Crippen MR) is 61.9 cm³/mol. The van der Waals surface area contributed by atoms with E-state index in [9.17, 15) is 0 Å². The van der Waals surface area contributed by atoms with Crippen molar-refractivity contribution in [2.24, 2.45) is 4.99 Å². The molecule has 0 aromatic carbocycles. The molecular weight excluding hydrogens is 190 g/mol. The van der Waals surface area contributed by atoms with Crippen LogP contribution in [0.15, 0.2) is 36.0 Å². The van der Waals surface area contributed by atoms with Crippen LogP contribution in [0.4, 0.5) is 5.82 Å². The van der Waals surface area contributed by atoms with E-state index in [1.807, 2.05) is 13.0 Å². The second kappa shape index (κ2) is 5.26. The van der Waals surface area contributed by atoms with Crippen molar-refractivity contribution in [1.82, 2.24) is 4.98 Å². The van der Waals surface area contributed by atoms with E-state index in [1.54, 1.807) is 18.3 Å². The average molecular weight is 205 g/mol. The first-order valence-electron chi connectivity index (χ1n) is 4.67. The number of aliphatic hydroxyl groups excluding tert-OH is 1. The van der Waals surface area contributed by atoms with Crippen LogP contribution in [-0.4, -0.2) is 28.5 Å². The first-order valence-corrected chi connectivity index (χ1v) is 4.67. The van der Waals surface area contributed by atoms with Crippen LogP contribution in [0.25, 0.3) is 0 Å². The standard InChI is InChI=1S/C11H15N3O/c1-3-9(7-15)14-8(2)10-5-4-6-13-11(10)12/h3-6,9,15H,1,7H2,2H3,(H2,12,13)/t9-/m0/s1. The molecule has 0 unspecified atom stereocenters. The summed E-state index contributed by atoms with van der Waals surface area (Å²) < 4.78 is 0. The van der Waals surface area contributed by atoms with Gasteiger partial charge in [0.05, 0.1) is 12.6 Å². The summed E-state index contributed by atoms with van der Waals surface area (Å²) >= 11 is 0. The number of nitrogens with two attached hydrogens (primary N) is 1. The lowest BCUT2D eigenvalue weighted by molar-refractivity contribution is 0.285. The molecule has 1 rings (SSSR count). The molecule has 4 nitrogen and oxygen atoms in total. The molecule has 0 spiro atoms. The topological polar surface area (TPSA) is 71.5 Å². The van der Waals surface area contributed by atoms with Crippen LogP contribution in [0, 0.1) is 0 Å². The lowest BCUT2D eigenvalue weighted by atomic mass is 10.1. The lowest BCUT2D eigenvalue weighted by Crippen LogP contribution is -2.11. The minimum atomic E-state index is -0.287. The number of aliphatic hydroxyl groups is 1. The van der Waals surface area contributed by atoms with E-state index in [-0.39, 0.29) is 12.6 Å². The second-order valence-electron chi connectivity index (χ2n) is 3.14. The van der Waals surface area contributed by atoms with E-state index < -0.39 is 0 Å². The highest BCUT2D eigenvalue weighted by molar-refractivity contribution is 6.02. The summed E-state index contributed by atoms with van der Waals surface area (Å²) in [5.41, 5.74) is 7.24. The van der Waals surface area contributed by atoms with Gasteiger partial charge in [-0.2, -0.15) is 0 Å². The minimum absolute atomic E-state index is 0.0546. The van der Waals surface area contributed by atoms with Crippen LogP contribution in [0.3, 0.4) is 0 Å². The molecule has 1 atom stereocenters. The molecule has 0 bridgehead atoms. The van der Waals surface area contributed by atoms with Crippen molar-refractivity contribution in [3.05, 3.63) is 36.5 Å². The van der Waals surface area contributed by atoms with Gasteiger partial charge in [0.15, 0.2) is 0 Å². The molecule has 1 heterocycles. The fourth-order valence-corrected chi connectivity index (χ4v) is 1.21. The van der Waals surface area contributed by atoms with Gasteiger partial charge in [-0.05, 0) is 19.1 Å². The molecule has 0 saturated heterocycles. The third-order valence-corrected chi connectivity index (χ3v) is 2.05. The summed E-state index contributed by atoms with van der Waals surface area (Å²) in [6, 6.07) is 3.36. The molecule has 0 aliphatic rings. The van der Waals surface area contributed by atoms with Crippen molar-refractivity contribution in [1.29, 1.82) is 0 Å². The highest BCUT2D eigenvalue weighted by Crippen LogP contribution is 2.09. The third-order valence-electron chi connectivity index (χ3n) is 2.05. The van der Waals surface area contributed by atoms with Crippen LogP contribution >= 0.6 is 0 Å². The number of aromatic nitrogens is 1. The summed E-state index contributed by atoms with van der Waals surface area (Å²) in [7, 11) is 0. The van der Waals surface area contributed by atoms with Crippen LogP contribution in [0.5, 0.6) is 0 Å². The summed E-state index contributed by atoms with van der Waals surface area (Å²) in [5.74, 6) is 0.444. The van der Waals surface area contributed by atoms with Crippen LogP contribution < -0.4 is 5.73 Å². The molecule has 4 heteroatoms. The summed E-state index contributed by atoms with van der Waals surface area (Å²) in [6.07, 6.45) is 3.22. The van der Waals surface area contributed by atoms with E-state index in [0.717, 1.165) is 11.3 Å². The van der Waals surface area contributed by atoms with Crippen LogP contribution in [0.1, 0.15) is 12.5 Å². The van der Waals surface area contributed by atoms with Gasteiger partial charge in [-0.25, -0.2) is 4.98 Å². The Morgan fingerprint density at radius 1 is 1.80 bits per heavy atom. The largest absolute Gasteiger partial charge is 0.394 e. The Morgan fingerprint density at radius 3 is 3.07 bits per heavy atom. The molecular formula is C11H15N3O. The van der Waals surface area contributed by atoms with Crippen LogP contribution in [-0.2, 0) is 0 Å². The maximum atomic E-state index is 8.97. The van der Waals surface area contributed by atoms with Crippen molar-refractivity contribution in [2.75, 3.05) is 12.3 Å². The van der Waals surface area contributed by atoms with Crippen molar-refractivity contribution >= 4 is 11.5 Å². The molecule has 0 fully saturated rings. The van der Waals surface area contributed by atoms with E-state index in [1.165, 1.54) is 0 Å². The highest BCUT2D eigenvalue weighted by atomic mass is 16.3. The normalized spacial score (nSPS) is 13.6. The fourth-order valence-electron chi connectivity index (χ4n) is 1.21. The van der Waals surface area contributed by atoms with E-state index in [0.29, 0.717) is 5.82 Å². The quantitative estimate of drug-likeness (QED) is 0.569. The number of pyridine rings is 1. The van der Waals surface area contributed by atoms with E-state index >= 15 is 0 Å². The summed E-state index contributed by atoms with van der Waals surface area (Å²) in [5, 5.41) is 8.97. The molecule has 15 heavy (non-hydrogen) atoms. The molecule has 1 aromatic heterocycles. The molecule has 0 saturated carbocycles. The molecule has 1 aromatic rings. The zero-order valence-corrected chi connectivity index (χ0v) is 8.72. The predicted octanol–water partition coefficient (Wildman–Crippen LogP) is 1.02. The van der Waals surface area contributed by atoms with Gasteiger partial charge in [0.1, 0.15) is 5.82 Å². The molecule has 3 N–H and O–H groups in total. The molecule has 0 aliphatic carbocycles. The van der Waals surface area contributed by atoms with Gasteiger partial charge < -0.3 is 10.8 Å². The Bertz CT molecular complexity index is 374. The maximum absolute atomic E-state index is 8.97. The minimum Gasteiger partial charge on any atom is -0.394 e. The van der Waals surface area contributed by atoms with Gasteiger partial charge in [0.25, 0.3) is 0 Å². The number of hydrogen-bond donors (Lipinski definition) is 2. The molecule has 0 amide bonds. The van der Waals surface area contributed by atoms with Gasteiger partial charge >= 0.3 is 0 Å². The zero-order chi connectivity index (χ0) is 11.3. The summed E-state index contributed by atoms with van der Waals surface area (Å²) in [4.78, 5) is 8.24. The van der Waals surface area contributed by atoms with Crippen LogP contribution in [0.2, 0.25) is 0 Å². The van der Waals surface area contributed by atoms with Gasteiger partial charge in [0.2, 0.25) is 0 Å². The molecule has 80 valence electrons.